The van der Waals surface area contributed by atoms with E-state index >= 15 is 0 Å². The summed E-state index contributed by atoms with van der Waals surface area (Å²) in [4.78, 5) is 37.7. The van der Waals surface area contributed by atoms with E-state index < -0.39 is 10.9 Å². The maximum absolute atomic E-state index is 13.0. The number of carbonyl (C=O) groups excluding carboxylic acids is 2. The fourth-order valence-corrected chi connectivity index (χ4v) is 4.04. The maximum Gasteiger partial charge on any atom is 0.353 e. The van der Waals surface area contributed by atoms with Crippen LogP contribution in [0.3, 0.4) is 0 Å². The average molecular weight is 436 g/mol. The van der Waals surface area contributed by atoms with Gasteiger partial charge in [-0.2, -0.15) is 4.91 Å². The predicted molar refractivity (Wildman–Crippen MR) is 115 cm³/mol. The first-order valence-corrected chi connectivity index (χ1v) is 10.6. The molecule has 0 saturated carbocycles. The minimum Gasteiger partial charge on any atom is -0.782 e. The van der Waals surface area contributed by atoms with Gasteiger partial charge in [-0.05, 0) is 38.5 Å². The zero-order chi connectivity index (χ0) is 22.5. The smallest absolute Gasteiger partial charge is 0.353 e. The Balaban J connectivity index is 2.24. The Bertz CT molecular complexity index is 825. The summed E-state index contributed by atoms with van der Waals surface area (Å²) in [5.41, 5.74) is 0.725. The number of nitro groups is 1. The molecule has 0 bridgehead atoms. The lowest BCUT2D eigenvalue weighted by Gasteiger charge is -2.53. The number of amides is 1. The van der Waals surface area contributed by atoms with Crippen molar-refractivity contribution in [1.82, 2.24) is 4.90 Å². The lowest BCUT2D eigenvalue weighted by atomic mass is 10.0. The molecule has 1 aromatic carbocycles. The topological polar surface area (TPSA) is 89.8 Å². The minimum absolute atomic E-state index is 0.0358. The number of esters is 1. The zero-order valence-corrected chi connectivity index (χ0v) is 18.7. The molecule has 0 aliphatic carbocycles. The molecule has 2 rings (SSSR count). The molecule has 164 valence electrons. The molecule has 1 atom stereocenters. The van der Waals surface area contributed by atoms with E-state index in [0.29, 0.717) is 27.8 Å². The van der Waals surface area contributed by atoms with E-state index in [2.05, 4.69) is 20.8 Å². The maximum atomic E-state index is 13.0. The minimum atomic E-state index is -0.639. The van der Waals surface area contributed by atoms with Gasteiger partial charge in [-0.15, -0.1) is 0 Å². The average Bonchev–Trinajstić information content (AvgIpc) is 2.76. The molecular weight excluding hydrogens is 406 g/mol. The Morgan fingerprint density at radius 2 is 1.77 bits per heavy atom. The molecule has 9 heteroatoms. The molecule has 1 amide bonds. The van der Waals surface area contributed by atoms with Crippen LogP contribution in [0, 0.1) is 10.1 Å². The number of β-lactam (4-membered cyclic amide) rings is 1. The SMILES string of the molecule is CC/C([S-])=C(\C(=O)OCc1ccc([N+](=O)[O-])cc1)N1C(=O)CC1[N+](CC)(CC)CC. The van der Waals surface area contributed by atoms with Gasteiger partial charge in [-0.3, -0.25) is 19.8 Å². The fraction of sp³-hybridized carbons (Fsp3) is 0.524. The van der Waals surface area contributed by atoms with Crippen molar-refractivity contribution < 1.29 is 23.7 Å². The summed E-state index contributed by atoms with van der Waals surface area (Å²) in [6.45, 7) is 10.5. The fourth-order valence-electron chi connectivity index (χ4n) is 3.86. The van der Waals surface area contributed by atoms with Crippen molar-refractivity contribution in [3.8, 4) is 0 Å². The number of non-ortho nitro benzene ring substituents is 1. The summed E-state index contributed by atoms with van der Waals surface area (Å²) in [5, 5.41) is 10.8. The first kappa shape index (κ1) is 23.8. The number of nitrogens with zero attached hydrogens (tertiary/aromatic N) is 3. The third-order valence-electron chi connectivity index (χ3n) is 5.98. The number of rotatable bonds is 10. The molecule has 1 aliphatic heterocycles. The predicted octanol–water partition coefficient (Wildman–Crippen LogP) is 3.24. The molecular formula is C21H29N3O5S. The molecule has 0 radical (unpaired) electrons. The third-order valence-corrected chi connectivity index (χ3v) is 6.46. The molecule has 1 fully saturated rings. The number of hydrogen-bond acceptors (Lipinski definition) is 6. The highest BCUT2D eigenvalue weighted by Gasteiger charge is 2.51. The van der Waals surface area contributed by atoms with E-state index in [0.717, 1.165) is 19.6 Å². The van der Waals surface area contributed by atoms with E-state index in [-0.39, 0.29) is 30.1 Å². The largest absolute Gasteiger partial charge is 0.782 e. The molecule has 0 aromatic heterocycles. The van der Waals surface area contributed by atoms with Crippen molar-refractivity contribution in [2.75, 3.05) is 19.6 Å². The lowest BCUT2D eigenvalue weighted by molar-refractivity contribution is -0.958. The van der Waals surface area contributed by atoms with Gasteiger partial charge >= 0.3 is 5.97 Å². The Hall–Kier alpha value is -2.52. The normalized spacial score (nSPS) is 17.3. The molecule has 30 heavy (non-hydrogen) atoms. The number of allylic oxidation sites excluding steroid dienone is 1. The second kappa shape index (κ2) is 9.99. The first-order valence-electron chi connectivity index (χ1n) is 10.2. The Kier molecular flexibility index (Phi) is 7.91. The van der Waals surface area contributed by atoms with Crippen molar-refractivity contribution in [3.63, 3.8) is 0 Å². The number of carbonyl (C=O) groups is 2. The van der Waals surface area contributed by atoms with Crippen LogP contribution in [0.5, 0.6) is 0 Å². The molecule has 0 N–H and O–H groups in total. The molecule has 8 nitrogen and oxygen atoms in total. The van der Waals surface area contributed by atoms with Crippen molar-refractivity contribution >= 4 is 30.2 Å². The summed E-state index contributed by atoms with van der Waals surface area (Å²) >= 11 is 5.43. The molecule has 1 aliphatic rings. The van der Waals surface area contributed by atoms with Gasteiger partial charge < -0.3 is 21.8 Å². The monoisotopic (exact) mass is 435 g/mol. The molecule has 0 spiro atoms. The Labute approximate surface area is 182 Å². The summed E-state index contributed by atoms with van der Waals surface area (Å²) in [5.74, 6) is -0.768. The van der Waals surface area contributed by atoms with Crippen LogP contribution in [0.4, 0.5) is 5.69 Å². The zero-order valence-electron chi connectivity index (χ0n) is 17.9. The van der Waals surface area contributed by atoms with Crippen LogP contribution in [0.25, 0.3) is 0 Å². The van der Waals surface area contributed by atoms with E-state index in [1.165, 1.54) is 29.2 Å². The van der Waals surface area contributed by atoms with Crippen LogP contribution in [-0.4, -0.2) is 52.0 Å². The van der Waals surface area contributed by atoms with Gasteiger partial charge in [0.2, 0.25) is 5.91 Å². The molecule has 1 unspecified atom stereocenters. The van der Waals surface area contributed by atoms with Gasteiger partial charge in [-0.25, -0.2) is 4.79 Å². The summed E-state index contributed by atoms with van der Waals surface area (Å²) in [6, 6.07) is 5.78. The quantitative estimate of drug-likeness (QED) is 0.107. The molecule has 1 aromatic rings. The highest BCUT2D eigenvalue weighted by molar-refractivity contribution is 7.63. The van der Waals surface area contributed by atoms with Crippen LogP contribution in [0.1, 0.15) is 46.1 Å². The van der Waals surface area contributed by atoms with Crippen LogP contribution in [-0.2, 0) is 33.6 Å². The van der Waals surface area contributed by atoms with Crippen molar-refractivity contribution in [1.29, 1.82) is 0 Å². The van der Waals surface area contributed by atoms with E-state index in [9.17, 15) is 19.7 Å². The molecule has 1 saturated heterocycles. The van der Waals surface area contributed by atoms with E-state index in [1.54, 1.807) is 0 Å². The van der Waals surface area contributed by atoms with Gasteiger partial charge in [0.25, 0.3) is 5.69 Å². The van der Waals surface area contributed by atoms with E-state index in [4.69, 9.17) is 17.4 Å². The standard InChI is InChI=1S/C21H29N3O5S/c1-5-17(30)20(22-18(13-19(22)25)24(6-2,7-3)8-4)21(26)29-14-15-9-11-16(12-10-15)23(27)28/h9-12,18H,5-8,13-14H2,1-4H3. The van der Waals surface area contributed by atoms with Crippen molar-refractivity contribution in [2.45, 2.75) is 53.3 Å². The van der Waals surface area contributed by atoms with Gasteiger partial charge in [-0.1, -0.05) is 13.3 Å². The highest BCUT2D eigenvalue weighted by atomic mass is 32.1. The molecule has 1 heterocycles. The van der Waals surface area contributed by atoms with Crippen LogP contribution in [0.15, 0.2) is 34.9 Å². The van der Waals surface area contributed by atoms with Gasteiger partial charge in [0.1, 0.15) is 18.7 Å². The number of nitro benzene ring substituents is 1. The van der Waals surface area contributed by atoms with Crippen LogP contribution in [0.2, 0.25) is 0 Å². The number of quaternary nitrogens is 1. The summed E-state index contributed by atoms with van der Waals surface area (Å²) in [7, 11) is 0. The Morgan fingerprint density at radius 1 is 1.20 bits per heavy atom. The Morgan fingerprint density at radius 3 is 2.20 bits per heavy atom. The van der Waals surface area contributed by atoms with Crippen molar-refractivity contribution in [2.24, 2.45) is 0 Å². The summed E-state index contributed by atoms with van der Waals surface area (Å²) in [6.07, 6.45) is 0.683. The van der Waals surface area contributed by atoms with Gasteiger partial charge in [0.05, 0.1) is 24.6 Å². The second-order valence-corrected chi connectivity index (χ2v) is 7.73. The number of ether oxygens (including phenoxy) is 1. The number of benzene rings is 1. The number of likely N-dealkylation sites (tertiary alicyclic amines) is 1. The van der Waals surface area contributed by atoms with Crippen molar-refractivity contribution in [3.05, 3.63) is 50.5 Å². The van der Waals surface area contributed by atoms with E-state index in [1.807, 2.05) is 6.92 Å². The second-order valence-electron chi connectivity index (χ2n) is 7.24. The van der Waals surface area contributed by atoms with Gasteiger partial charge in [0, 0.05) is 12.1 Å². The summed E-state index contributed by atoms with van der Waals surface area (Å²) < 4.78 is 6.14. The first-order chi connectivity index (χ1) is 14.2. The number of hydrogen-bond donors (Lipinski definition) is 0. The van der Waals surface area contributed by atoms with Crippen LogP contribution >= 0.6 is 0 Å². The van der Waals surface area contributed by atoms with Gasteiger partial charge in [0.15, 0.2) is 6.17 Å². The van der Waals surface area contributed by atoms with Crippen LogP contribution < -0.4 is 0 Å². The third kappa shape index (κ3) is 4.62. The lowest BCUT2D eigenvalue weighted by Crippen LogP contribution is -2.70. The highest BCUT2D eigenvalue weighted by Crippen LogP contribution is 2.35.